The molecule has 1 atom stereocenters. The fraction of sp³-hybridized carbons (Fsp3) is 0.259. The molecule has 2 aromatic carbocycles. The number of fused-ring (bicyclic) bond motifs is 1. The van der Waals surface area contributed by atoms with Crippen LogP contribution >= 0.6 is 11.6 Å². The van der Waals surface area contributed by atoms with Gasteiger partial charge in [-0.25, -0.2) is 9.97 Å². The Hall–Kier alpha value is -3.95. The van der Waals surface area contributed by atoms with E-state index >= 15 is 0 Å². The number of likely N-dealkylation sites (N-methyl/N-ethyl adjacent to an activating group) is 1. The second-order valence-electron chi connectivity index (χ2n) is 8.39. The SMILES string of the molecule is COCC(=O)N(C)C[C@H](C)Oc1cccc2ncnc(Nc3ccc(OCc4ccccn4)c(Cl)c3)c12. The van der Waals surface area contributed by atoms with Crippen molar-refractivity contribution in [3.63, 3.8) is 0 Å². The van der Waals surface area contributed by atoms with Crippen molar-refractivity contribution in [2.75, 3.05) is 32.6 Å². The van der Waals surface area contributed by atoms with Gasteiger partial charge in [0.05, 0.1) is 28.2 Å². The number of carbonyl (C=O) groups excluding carboxylic acids is 1. The molecule has 0 aliphatic rings. The number of benzene rings is 2. The molecule has 0 unspecified atom stereocenters. The summed E-state index contributed by atoms with van der Waals surface area (Å²) in [6.07, 6.45) is 2.92. The molecular formula is C27H28ClN5O4. The maximum atomic E-state index is 12.1. The summed E-state index contributed by atoms with van der Waals surface area (Å²) in [6, 6.07) is 16.7. The monoisotopic (exact) mass is 521 g/mol. The van der Waals surface area contributed by atoms with Crippen molar-refractivity contribution < 1.29 is 19.0 Å². The number of ether oxygens (including phenoxy) is 3. The van der Waals surface area contributed by atoms with Gasteiger partial charge in [0, 0.05) is 26.0 Å². The third-order valence-electron chi connectivity index (χ3n) is 5.47. The first-order chi connectivity index (χ1) is 17.9. The van der Waals surface area contributed by atoms with Crippen molar-refractivity contribution in [1.82, 2.24) is 19.9 Å². The Morgan fingerprint density at radius 2 is 1.95 bits per heavy atom. The topological polar surface area (TPSA) is 98.7 Å². The van der Waals surface area contributed by atoms with E-state index in [4.69, 9.17) is 25.8 Å². The van der Waals surface area contributed by atoms with E-state index < -0.39 is 0 Å². The summed E-state index contributed by atoms with van der Waals surface area (Å²) in [5.74, 6) is 1.60. The first kappa shape index (κ1) is 26.1. The number of nitrogens with one attached hydrogen (secondary N) is 1. The van der Waals surface area contributed by atoms with E-state index in [1.165, 1.54) is 13.4 Å². The van der Waals surface area contributed by atoms with Crippen molar-refractivity contribution in [2.45, 2.75) is 19.6 Å². The van der Waals surface area contributed by atoms with E-state index in [-0.39, 0.29) is 18.6 Å². The molecule has 10 heteroatoms. The van der Waals surface area contributed by atoms with Crippen LogP contribution in [-0.2, 0) is 16.1 Å². The van der Waals surface area contributed by atoms with Crippen LogP contribution in [-0.4, -0.2) is 59.2 Å². The molecule has 0 bridgehead atoms. The fourth-order valence-electron chi connectivity index (χ4n) is 3.71. The first-order valence-corrected chi connectivity index (χ1v) is 12.0. The number of hydrogen-bond acceptors (Lipinski definition) is 8. The van der Waals surface area contributed by atoms with E-state index in [0.29, 0.717) is 46.4 Å². The summed E-state index contributed by atoms with van der Waals surface area (Å²) in [5.41, 5.74) is 2.25. The van der Waals surface area contributed by atoms with Gasteiger partial charge in [0.25, 0.3) is 0 Å². The van der Waals surface area contributed by atoms with Crippen LogP contribution in [0, 0.1) is 0 Å². The predicted octanol–water partition coefficient (Wildman–Crippen LogP) is 4.87. The summed E-state index contributed by atoms with van der Waals surface area (Å²) in [6.45, 7) is 2.63. The largest absolute Gasteiger partial charge is 0.488 e. The highest BCUT2D eigenvalue weighted by Gasteiger charge is 2.17. The van der Waals surface area contributed by atoms with Gasteiger partial charge in [0.2, 0.25) is 5.91 Å². The molecule has 9 nitrogen and oxygen atoms in total. The van der Waals surface area contributed by atoms with Crippen LogP contribution in [0.25, 0.3) is 10.9 Å². The van der Waals surface area contributed by atoms with Crippen LogP contribution in [0.5, 0.6) is 11.5 Å². The number of amides is 1. The number of pyridine rings is 1. The molecule has 0 saturated carbocycles. The Morgan fingerprint density at radius 1 is 1.08 bits per heavy atom. The van der Waals surface area contributed by atoms with Crippen molar-refractivity contribution >= 4 is 39.9 Å². The predicted molar refractivity (Wildman–Crippen MR) is 142 cm³/mol. The van der Waals surface area contributed by atoms with Gasteiger partial charge in [-0.15, -0.1) is 0 Å². The normalized spacial score (nSPS) is 11.7. The van der Waals surface area contributed by atoms with E-state index in [1.54, 1.807) is 30.3 Å². The average Bonchev–Trinajstić information content (AvgIpc) is 2.89. The van der Waals surface area contributed by atoms with Crippen LogP contribution in [0.3, 0.4) is 0 Å². The van der Waals surface area contributed by atoms with Crippen LogP contribution in [0.4, 0.5) is 11.5 Å². The minimum Gasteiger partial charge on any atom is -0.488 e. The van der Waals surface area contributed by atoms with Gasteiger partial charge in [-0.05, 0) is 49.4 Å². The Morgan fingerprint density at radius 3 is 2.70 bits per heavy atom. The summed E-state index contributed by atoms with van der Waals surface area (Å²) >= 11 is 6.49. The maximum absolute atomic E-state index is 12.1. The van der Waals surface area contributed by atoms with E-state index in [2.05, 4.69) is 20.3 Å². The molecule has 2 aromatic heterocycles. The van der Waals surface area contributed by atoms with Crippen LogP contribution in [0.2, 0.25) is 5.02 Å². The highest BCUT2D eigenvalue weighted by atomic mass is 35.5. The lowest BCUT2D eigenvalue weighted by atomic mass is 10.2. The van der Waals surface area contributed by atoms with Crippen molar-refractivity contribution in [1.29, 1.82) is 0 Å². The Kier molecular flexibility index (Phi) is 8.71. The summed E-state index contributed by atoms with van der Waals surface area (Å²) in [4.78, 5) is 26.7. The lowest BCUT2D eigenvalue weighted by Gasteiger charge is -2.23. The number of nitrogens with zero attached hydrogens (tertiary/aromatic N) is 4. The first-order valence-electron chi connectivity index (χ1n) is 11.7. The molecule has 1 amide bonds. The Bertz CT molecular complexity index is 1350. The molecule has 2 heterocycles. The van der Waals surface area contributed by atoms with Gasteiger partial charge in [0.15, 0.2) is 0 Å². The van der Waals surface area contributed by atoms with E-state index in [1.807, 2.05) is 49.4 Å². The second-order valence-corrected chi connectivity index (χ2v) is 8.80. The molecule has 0 radical (unpaired) electrons. The number of hydrogen-bond donors (Lipinski definition) is 1. The quantitative estimate of drug-likeness (QED) is 0.298. The average molecular weight is 522 g/mol. The highest BCUT2D eigenvalue weighted by molar-refractivity contribution is 6.32. The van der Waals surface area contributed by atoms with Crippen molar-refractivity contribution in [3.05, 3.63) is 77.8 Å². The maximum Gasteiger partial charge on any atom is 0.248 e. The summed E-state index contributed by atoms with van der Waals surface area (Å²) in [5, 5.41) is 4.48. The smallest absolute Gasteiger partial charge is 0.248 e. The lowest BCUT2D eigenvalue weighted by Crippen LogP contribution is -2.37. The summed E-state index contributed by atoms with van der Waals surface area (Å²) in [7, 11) is 3.21. The zero-order chi connectivity index (χ0) is 26.2. The minimum absolute atomic E-state index is 0.0227. The zero-order valence-corrected chi connectivity index (χ0v) is 21.6. The number of carbonyl (C=O) groups is 1. The lowest BCUT2D eigenvalue weighted by molar-refractivity contribution is -0.134. The molecule has 0 spiro atoms. The van der Waals surface area contributed by atoms with E-state index in [0.717, 1.165) is 11.4 Å². The Balaban J connectivity index is 1.51. The molecule has 0 fully saturated rings. The van der Waals surface area contributed by atoms with Crippen LogP contribution in [0.1, 0.15) is 12.6 Å². The van der Waals surface area contributed by atoms with Gasteiger partial charge in [-0.1, -0.05) is 23.7 Å². The molecule has 0 saturated heterocycles. The molecule has 4 aromatic rings. The van der Waals surface area contributed by atoms with Crippen LogP contribution in [0.15, 0.2) is 67.1 Å². The Labute approximate surface area is 220 Å². The standard InChI is InChI=1S/C27H28ClN5O4/c1-18(14-33(2)25(34)16-35-3)37-24-9-6-8-22-26(24)27(31-17-30-22)32-19-10-11-23(21(28)13-19)36-15-20-7-4-5-12-29-20/h4-13,17-18H,14-16H2,1-3H3,(H,30,31,32)/t18-/m0/s1. The third kappa shape index (κ3) is 6.84. The van der Waals surface area contributed by atoms with Gasteiger partial charge >= 0.3 is 0 Å². The molecule has 37 heavy (non-hydrogen) atoms. The van der Waals surface area contributed by atoms with Crippen molar-refractivity contribution in [2.24, 2.45) is 0 Å². The number of halogens is 1. The number of methoxy groups -OCH3 is 1. The van der Waals surface area contributed by atoms with Gasteiger partial charge in [0.1, 0.15) is 43.0 Å². The molecule has 192 valence electrons. The van der Waals surface area contributed by atoms with E-state index in [9.17, 15) is 4.79 Å². The highest BCUT2D eigenvalue weighted by Crippen LogP contribution is 2.34. The van der Waals surface area contributed by atoms with Crippen molar-refractivity contribution in [3.8, 4) is 11.5 Å². The minimum atomic E-state index is -0.283. The molecule has 1 N–H and O–H groups in total. The molecule has 4 rings (SSSR count). The van der Waals surface area contributed by atoms with Gasteiger partial charge < -0.3 is 24.4 Å². The number of aromatic nitrogens is 3. The van der Waals surface area contributed by atoms with Gasteiger partial charge in [-0.2, -0.15) is 0 Å². The second kappa shape index (κ2) is 12.3. The molecule has 0 aliphatic heterocycles. The number of rotatable bonds is 11. The third-order valence-corrected chi connectivity index (χ3v) is 5.77. The summed E-state index contributed by atoms with van der Waals surface area (Å²) < 4.78 is 17.0. The molecule has 0 aliphatic carbocycles. The fourth-order valence-corrected chi connectivity index (χ4v) is 3.95. The van der Waals surface area contributed by atoms with Crippen LogP contribution < -0.4 is 14.8 Å². The molecular weight excluding hydrogens is 494 g/mol. The van der Waals surface area contributed by atoms with Gasteiger partial charge in [-0.3, -0.25) is 9.78 Å². The zero-order valence-electron chi connectivity index (χ0n) is 20.8. The number of anilines is 2.